The van der Waals surface area contributed by atoms with Crippen LogP contribution in [0.15, 0.2) is 60.7 Å². The third kappa shape index (κ3) is 4.49. The highest BCUT2D eigenvalue weighted by Crippen LogP contribution is 2.30. The molecular formula is C27H26N4O4S. The third-order valence-corrected chi connectivity index (χ3v) is 7.03. The minimum atomic E-state index is -0.350. The van der Waals surface area contributed by atoms with E-state index in [-0.39, 0.29) is 30.7 Å². The number of carbonyl (C=O) groups excluding carboxylic acids is 3. The van der Waals surface area contributed by atoms with Crippen molar-refractivity contribution in [2.45, 2.75) is 6.42 Å². The van der Waals surface area contributed by atoms with E-state index in [1.165, 1.54) is 4.90 Å². The van der Waals surface area contributed by atoms with Crippen molar-refractivity contribution >= 4 is 51.5 Å². The topological polar surface area (TPSA) is 82.2 Å². The zero-order valence-electron chi connectivity index (χ0n) is 19.9. The van der Waals surface area contributed by atoms with Gasteiger partial charge < -0.3 is 19.9 Å². The molecule has 2 aliphatic rings. The molecule has 36 heavy (non-hydrogen) atoms. The van der Waals surface area contributed by atoms with E-state index < -0.39 is 0 Å². The van der Waals surface area contributed by atoms with Gasteiger partial charge in [0.2, 0.25) is 5.91 Å². The van der Waals surface area contributed by atoms with Crippen LogP contribution in [0.5, 0.6) is 5.75 Å². The lowest BCUT2D eigenvalue weighted by Crippen LogP contribution is -2.52. The van der Waals surface area contributed by atoms with Crippen molar-refractivity contribution in [2.24, 2.45) is 0 Å². The normalized spacial score (nSPS) is 15.3. The molecule has 184 valence electrons. The first kappa shape index (κ1) is 23.7. The van der Waals surface area contributed by atoms with Gasteiger partial charge in [-0.1, -0.05) is 24.3 Å². The average Bonchev–Trinajstić information content (AvgIpc) is 2.92. The maximum absolute atomic E-state index is 13.1. The smallest absolute Gasteiger partial charge is 0.261 e. The molecule has 0 atom stereocenters. The minimum Gasteiger partial charge on any atom is -0.497 e. The van der Waals surface area contributed by atoms with Gasteiger partial charge in [-0.3, -0.25) is 19.3 Å². The summed E-state index contributed by atoms with van der Waals surface area (Å²) in [5.41, 5.74) is 1.87. The zero-order chi connectivity index (χ0) is 25.2. The number of rotatable bonds is 5. The van der Waals surface area contributed by atoms with E-state index in [1.807, 2.05) is 53.4 Å². The van der Waals surface area contributed by atoms with Gasteiger partial charge in [0.1, 0.15) is 5.75 Å². The number of benzene rings is 3. The van der Waals surface area contributed by atoms with Crippen LogP contribution in [0.25, 0.3) is 10.8 Å². The molecular weight excluding hydrogens is 476 g/mol. The van der Waals surface area contributed by atoms with Crippen LogP contribution in [0.3, 0.4) is 0 Å². The molecule has 0 spiro atoms. The number of hydrogen-bond donors (Lipinski definition) is 1. The summed E-state index contributed by atoms with van der Waals surface area (Å²) in [7, 11) is 1.62. The Bertz CT molecular complexity index is 1300. The Labute approximate surface area is 214 Å². The number of piperazine rings is 1. The Morgan fingerprint density at radius 3 is 2.06 bits per heavy atom. The lowest BCUT2D eigenvalue weighted by Gasteiger charge is -2.36. The number of amides is 3. The second-order valence-electron chi connectivity index (χ2n) is 8.75. The van der Waals surface area contributed by atoms with E-state index >= 15 is 0 Å². The van der Waals surface area contributed by atoms with Crippen LogP contribution in [0.2, 0.25) is 0 Å². The molecule has 9 heteroatoms. The van der Waals surface area contributed by atoms with E-state index in [0.29, 0.717) is 47.8 Å². The molecule has 1 fully saturated rings. The quantitative estimate of drug-likeness (QED) is 0.423. The molecule has 0 saturated carbocycles. The first-order chi connectivity index (χ1) is 17.5. The highest BCUT2D eigenvalue weighted by atomic mass is 32.1. The second-order valence-corrected chi connectivity index (χ2v) is 9.13. The Morgan fingerprint density at radius 1 is 0.889 bits per heavy atom. The molecule has 8 nitrogen and oxygen atoms in total. The average molecular weight is 503 g/mol. The molecule has 1 saturated heterocycles. The van der Waals surface area contributed by atoms with Crippen LogP contribution in [-0.4, -0.2) is 77.4 Å². The van der Waals surface area contributed by atoms with E-state index in [4.69, 9.17) is 17.0 Å². The maximum atomic E-state index is 13.1. The number of carbonyl (C=O) groups is 3. The molecule has 1 N–H and O–H groups in total. The fourth-order valence-electron chi connectivity index (χ4n) is 4.68. The van der Waals surface area contributed by atoms with Crippen molar-refractivity contribution in [3.8, 4) is 5.75 Å². The summed E-state index contributed by atoms with van der Waals surface area (Å²) in [5.74, 6) is -0.0112. The number of nitrogens with zero attached hydrogens (tertiary/aromatic N) is 3. The van der Waals surface area contributed by atoms with Gasteiger partial charge in [0, 0.05) is 61.3 Å². The van der Waals surface area contributed by atoms with Gasteiger partial charge in [-0.05, 0) is 54.0 Å². The summed E-state index contributed by atoms with van der Waals surface area (Å²) in [6.45, 7) is 2.30. The van der Waals surface area contributed by atoms with Crippen molar-refractivity contribution in [3.63, 3.8) is 0 Å². The summed E-state index contributed by atoms with van der Waals surface area (Å²) >= 11 is 5.54. The standard InChI is InChI=1S/C27H26N4O4S/c1-35-20-10-8-19(9-11-20)28-27(36)30-16-14-29(15-17-30)23(32)12-13-31-25(33)21-6-2-4-18-5-3-7-22(24(18)21)26(31)34/h2-11H,12-17H2,1H3,(H,28,36). The molecule has 0 aromatic heterocycles. The molecule has 2 aliphatic heterocycles. The summed E-state index contributed by atoms with van der Waals surface area (Å²) in [5, 5.41) is 5.37. The number of imide groups is 1. The molecule has 3 aromatic rings. The summed E-state index contributed by atoms with van der Waals surface area (Å²) in [4.78, 5) is 44.0. The summed E-state index contributed by atoms with van der Waals surface area (Å²) in [6.07, 6.45) is 0.0875. The molecule has 0 bridgehead atoms. The van der Waals surface area contributed by atoms with Crippen LogP contribution in [0.4, 0.5) is 5.69 Å². The first-order valence-corrected chi connectivity index (χ1v) is 12.2. The molecule has 3 amide bonds. The van der Waals surface area contributed by atoms with E-state index in [0.717, 1.165) is 16.8 Å². The van der Waals surface area contributed by atoms with Gasteiger partial charge >= 0.3 is 0 Å². The predicted molar refractivity (Wildman–Crippen MR) is 141 cm³/mol. The fourth-order valence-corrected chi connectivity index (χ4v) is 4.99. The van der Waals surface area contributed by atoms with E-state index in [2.05, 4.69) is 5.32 Å². The zero-order valence-corrected chi connectivity index (χ0v) is 20.7. The van der Waals surface area contributed by atoms with Crippen molar-refractivity contribution < 1.29 is 19.1 Å². The van der Waals surface area contributed by atoms with E-state index in [9.17, 15) is 14.4 Å². The van der Waals surface area contributed by atoms with Gasteiger partial charge in [-0.25, -0.2) is 0 Å². The lowest BCUT2D eigenvalue weighted by atomic mass is 9.94. The Balaban J connectivity index is 1.15. The Kier molecular flexibility index (Phi) is 6.56. The van der Waals surface area contributed by atoms with Gasteiger partial charge in [-0.2, -0.15) is 0 Å². The van der Waals surface area contributed by atoms with Crippen molar-refractivity contribution in [2.75, 3.05) is 45.2 Å². The molecule has 0 aliphatic carbocycles. The number of hydrogen-bond acceptors (Lipinski definition) is 5. The molecule has 2 heterocycles. The largest absolute Gasteiger partial charge is 0.497 e. The summed E-state index contributed by atoms with van der Waals surface area (Å²) < 4.78 is 5.17. The Morgan fingerprint density at radius 2 is 1.47 bits per heavy atom. The van der Waals surface area contributed by atoms with E-state index in [1.54, 1.807) is 24.1 Å². The second kappa shape index (κ2) is 9.94. The first-order valence-electron chi connectivity index (χ1n) is 11.8. The number of thiocarbonyl (C=S) groups is 1. The van der Waals surface area contributed by atoms with Gasteiger partial charge in [-0.15, -0.1) is 0 Å². The molecule has 0 unspecified atom stereocenters. The monoisotopic (exact) mass is 502 g/mol. The Hall–Kier alpha value is -3.98. The van der Waals surface area contributed by atoms with Crippen LogP contribution >= 0.6 is 12.2 Å². The molecule has 0 radical (unpaired) electrons. The van der Waals surface area contributed by atoms with Crippen LogP contribution in [-0.2, 0) is 4.79 Å². The number of anilines is 1. The van der Waals surface area contributed by atoms with Crippen molar-refractivity contribution in [1.29, 1.82) is 0 Å². The maximum Gasteiger partial charge on any atom is 0.261 e. The van der Waals surface area contributed by atoms with Crippen LogP contribution in [0, 0.1) is 0 Å². The highest BCUT2D eigenvalue weighted by molar-refractivity contribution is 7.80. The summed E-state index contributed by atoms with van der Waals surface area (Å²) in [6, 6.07) is 18.4. The van der Waals surface area contributed by atoms with Crippen LogP contribution < -0.4 is 10.1 Å². The fraction of sp³-hybridized carbons (Fsp3) is 0.259. The predicted octanol–water partition coefficient (Wildman–Crippen LogP) is 3.38. The van der Waals surface area contributed by atoms with Crippen molar-refractivity contribution in [1.82, 2.24) is 14.7 Å². The number of nitrogens with one attached hydrogen (secondary N) is 1. The minimum absolute atomic E-state index is 0.0544. The van der Waals surface area contributed by atoms with Gasteiger partial charge in [0.05, 0.1) is 7.11 Å². The molecule has 5 rings (SSSR count). The van der Waals surface area contributed by atoms with Gasteiger partial charge in [0.25, 0.3) is 11.8 Å². The highest BCUT2D eigenvalue weighted by Gasteiger charge is 2.33. The molecule has 3 aromatic carbocycles. The SMILES string of the molecule is COc1ccc(NC(=S)N2CCN(C(=O)CCN3C(=O)c4cccc5cccc(c45)C3=O)CC2)cc1. The van der Waals surface area contributed by atoms with Gasteiger partial charge in [0.15, 0.2) is 5.11 Å². The number of methoxy groups -OCH3 is 1. The van der Waals surface area contributed by atoms with Crippen LogP contribution in [0.1, 0.15) is 27.1 Å². The number of ether oxygens (including phenoxy) is 1. The van der Waals surface area contributed by atoms with Crippen molar-refractivity contribution in [3.05, 3.63) is 71.8 Å². The lowest BCUT2D eigenvalue weighted by molar-refractivity contribution is -0.132. The third-order valence-electron chi connectivity index (χ3n) is 6.67.